The van der Waals surface area contributed by atoms with Crippen molar-refractivity contribution < 1.29 is 5.11 Å². The van der Waals surface area contributed by atoms with E-state index in [-0.39, 0.29) is 17.2 Å². The van der Waals surface area contributed by atoms with Gasteiger partial charge in [0.15, 0.2) is 0 Å². The molecule has 2 nitrogen and oxygen atoms in total. The van der Waals surface area contributed by atoms with E-state index in [0.717, 1.165) is 23.1 Å². The minimum Gasteiger partial charge on any atom is -0.507 e. The predicted octanol–water partition coefficient (Wildman–Crippen LogP) is 7.39. The fourth-order valence-electron chi connectivity index (χ4n) is 2.87. The Hall–Kier alpha value is -2.58. The highest BCUT2D eigenvalue weighted by Crippen LogP contribution is 2.30. The average Bonchev–Trinajstić information content (AvgIpc) is 2.71. The van der Waals surface area contributed by atoms with Gasteiger partial charge in [0, 0.05) is 18.2 Å². The molecular weight excluding hydrogens is 354 g/mol. The van der Waals surface area contributed by atoms with Crippen molar-refractivity contribution in [2.75, 3.05) is 6.54 Å². The Balaban J connectivity index is 3.17. The van der Waals surface area contributed by atoms with E-state index >= 15 is 0 Å². The maximum absolute atomic E-state index is 10.8. The Morgan fingerprint density at radius 3 is 2.31 bits per heavy atom. The normalized spacial score (nSPS) is 14.9. The van der Waals surface area contributed by atoms with Crippen molar-refractivity contribution in [3.05, 3.63) is 108 Å². The molecule has 0 heterocycles. The molecule has 1 atom stereocenters. The van der Waals surface area contributed by atoms with Crippen molar-refractivity contribution in [2.45, 2.75) is 47.1 Å². The van der Waals surface area contributed by atoms with Crippen molar-refractivity contribution in [3.8, 4) is 0 Å². The van der Waals surface area contributed by atoms with Crippen LogP contribution in [0.2, 0.25) is 0 Å². The first-order valence-electron chi connectivity index (χ1n) is 10.2. The van der Waals surface area contributed by atoms with Crippen LogP contribution in [0.5, 0.6) is 0 Å². The van der Waals surface area contributed by atoms with Gasteiger partial charge in [-0.05, 0) is 42.4 Å². The van der Waals surface area contributed by atoms with Crippen LogP contribution in [-0.2, 0) is 0 Å². The number of aliphatic hydroxyl groups excluding tert-OH is 1. The van der Waals surface area contributed by atoms with Gasteiger partial charge in [-0.25, -0.2) is 0 Å². The number of benzene rings is 1. The molecule has 0 bridgehead atoms. The van der Waals surface area contributed by atoms with Crippen LogP contribution in [0.1, 0.15) is 52.6 Å². The number of nitrogens with one attached hydrogen (secondary N) is 1. The van der Waals surface area contributed by atoms with Gasteiger partial charge in [0.1, 0.15) is 5.76 Å². The van der Waals surface area contributed by atoms with Gasteiger partial charge in [-0.15, -0.1) is 0 Å². The summed E-state index contributed by atoms with van der Waals surface area (Å²) < 4.78 is 0. The number of rotatable bonds is 10. The van der Waals surface area contributed by atoms with E-state index in [0.29, 0.717) is 6.54 Å². The minimum absolute atomic E-state index is 0.0988. The highest BCUT2D eigenvalue weighted by molar-refractivity contribution is 5.38. The van der Waals surface area contributed by atoms with Crippen LogP contribution in [0.25, 0.3) is 0 Å². The third kappa shape index (κ3) is 8.13. The molecule has 0 aromatic heterocycles. The lowest BCUT2D eigenvalue weighted by atomic mass is 9.85. The lowest BCUT2D eigenvalue weighted by Gasteiger charge is -2.24. The molecule has 0 amide bonds. The van der Waals surface area contributed by atoms with E-state index in [9.17, 15) is 5.11 Å². The summed E-state index contributed by atoms with van der Waals surface area (Å²) in [5.74, 6) is 0.267. The van der Waals surface area contributed by atoms with E-state index in [4.69, 9.17) is 0 Å². The van der Waals surface area contributed by atoms with Gasteiger partial charge in [-0.1, -0.05) is 101 Å². The van der Waals surface area contributed by atoms with Gasteiger partial charge in [0.25, 0.3) is 0 Å². The van der Waals surface area contributed by atoms with E-state index < -0.39 is 0 Å². The van der Waals surface area contributed by atoms with Crippen LogP contribution in [0.3, 0.4) is 0 Å². The van der Waals surface area contributed by atoms with Crippen LogP contribution in [0.4, 0.5) is 0 Å². The van der Waals surface area contributed by atoms with Gasteiger partial charge in [-0.2, -0.15) is 0 Å². The van der Waals surface area contributed by atoms with Crippen LogP contribution < -0.4 is 5.32 Å². The Morgan fingerprint density at radius 1 is 1.14 bits per heavy atom. The molecule has 0 aliphatic heterocycles. The molecule has 0 aliphatic carbocycles. The number of aliphatic hydroxyl groups is 1. The molecule has 29 heavy (non-hydrogen) atoms. The molecular formula is C27H37NO. The van der Waals surface area contributed by atoms with Crippen molar-refractivity contribution >= 4 is 0 Å². The second kappa shape index (κ2) is 12.1. The molecule has 2 heteroatoms. The quantitative estimate of drug-likeness (QED) is 0.322. The molecule has 0 radical (unpaired) electrons. The van der Waals surface area contributed by atoms with Crippen LogP contribution >= 0.6 is 0 Å². The van der Waals surface area contributed by atoms with Gasteiger partial charge in [-0.3, -0.25) is 0 Å². The summed E-state index contributed by atoms with van der Waals surface area (Å²) in [6.45, 7) is 18.7. The Labute approximate surface area is 177 Å². The molecule has 156 valence electrons. The minimum atomic E-state index is -0.193. The fraction of sp³-hybridized carbons (Fsp3) is 0.333. The van der Waals surface area contributed by atoms with Crippen molar-refractivity contribution in [1.82, 2.24) is 5.32 Å². The van der Waals surface area contributed by atoms with Crippen LogP contribution in [0, 0.1) is 5.41 Å². The number of hydrogen-bond acceptors (Lipinski definition) is 2. The Morgan fingerprint density at radius 2 is 1.79 bits per heavy atom. The molecule has 0 saturated carbocycles. The third-order valence-electron chi connectivity index (χ3n) is 4.81. The van der Waals surface area contributed by atoms with Gasteiger partial charge >= 0.3 is 0 Å². The first kappa shape index (κ1) is 24.5. The average molecular weight is 392 g/mol. The molecule has 1 rings (SSSR count). The van der Waals surface area contributed by atoms with Crippen molar-refractivity contribution in [3.63, 3.8) is 0 Å². The zero-order valence-corrected chi connectivity index (χ0v) is 18.7. The molecule has 0 aliphatic rings. The summed E-state index contributed by atoms with van der Waals surface area (Å²) in [6.07, 6.45) is 12.7. The summed E-state index contributed by atoms with van der Waals surface area (Å²) >= 11 is 0. The SMILES string of the molecule is C=C/C(=C\C=C/C)CC(NCC(/C=C\C)=C(\O)C(=C)C(C)(C)C)c1ccccc1. The van der Waals surface area contributed by atoms with Gasteiger partial charge < -0.3 is 10.4 Å². The Bertz CT molecular complexity index is 786. The summed E-state index contributed by atoms with van der Waals surface area (Å²) in [5, 5.41) is 14.5. The standard InChI is InChI=1S/C27H37NO/c1-8-11-16-22(10-3)19-25(23-17-13-12-14-18-23)28-20-24(15-9-2)26(29)21(4)27(5,6)7/h8-18,25,28-29H,3-4,19-20H2,1-2,5-7H3/b11-8-,15-9-,22-16+,26-24-. The molecule has 1 aromatic carbocycles. The topological polar surface area (TPSA) is 32.3 Å². The van der Waals surface area contributed by atoms with E-state index in [1.807, 2.05) is 50.3 Å². The fourth-order valence-corrected chi connectivity index (χ4v) is 2.87. The molecule has 2 N–H and O–H groups in total. The molecule has 0 fully saturated rings. The predicted molar refractivity (Wildman–Crippen MR) is 128 cm³/mol. The zero-order chi connectivity index (χ0) is 21.9. The highest BCUT2D eigenvalue weighted by atomic mass is 16.3. The number of hydrogen-bond donors (Lipinski definition) is 2. The highest BCUT2D eigenvalue weighted by Gasteiger charge is 2.21. The lowest BCUT2D eigenvalue weighted by molar-refractivity contribution is 0.373. The van der Waals surface area contributed by atoms with Crippen LogP contribution in [0.15, 0.2) is 102 Å². The Kier molecular flexibility index (Phi) is 10.2. The first-order chi connectivity index (χ1) is 13.7. The third-order valence-corrected chi connectivity index (χ3v) is 4.81. The number of allylic oxidation sites excluding steroid dienone is 6. The molecule has 0 spiro atoms. The molecule has 0 saturated heterocycles. The van der Waals surface area contributed by atoms with Crippen LogP contribution in [-0.4, -0.2) is 11.7 Å². The second-order valence-electron chi connectivity index (χ2n) is 8.12. The van der Waals surface area contributed by atoms with Crippen molar-refractivity contribution in [1.29, 1.82) is 0 Å². The summed E-state index contributed by atoms with van der Waals surface area (Å²) in [7, 11) is 0. The van der Waals surface area contributed by atoms with E-state index in [1.165, 1.54) is 5.56 Å². The smallest absolute Gasteiger partial charge is 0.123 e. The zero-order valence-electron chi connectivity index (χ0n) is 18.7. The van der Waals surface area contributed by atoms with E-state index in [2.05, 4.69) is 69.6 Å². The lowest BCUT2D eigenvalue weighted by Crippen LogP contribution is -2.25. The summed E-state index contributed by atoms with van der Waals surface area (Å²) in [6, 6.07) is 10.5. The maximum atomic E-state index is 10.8. The molecule has 1 unspecified atom stereocenters. The second-order valence-corrected chi connectivity index (χ2v) is 8.12. The first-order valence-corrected chi connectivity index (χ1v) is 10.2. The van der Waals surface area contributed by atoms with E-state index in [1.54, 1.807) is 0 Å². The van der Waals surface area contributed by atoms with Crippen molar-refractivity contribution in [2.24, 2.45) is 5.41 Å². The monoisotopic (exact) mass is 391 g/mol. The summed E-state index contributed by atoms with van der Waals surface area (Å²) in [5.41, 5.74) is 3.74. The molecule has 1 aromatic rings. The summed E-state index contributed by atoms with van der Waals surface area (Å²) in [4.78, 5) is 0. The van der Waals surface area contributed by atoms with Gasteiger partial charge in [0.05, 0.1) is 0 Å². The maximum Gasteiger partial charge on any atom is 0.123 e. The van der Waals surface area contributed by atoms with Gasteiger partial charge in [0.2, 0.25) is 0 Å². The largest absolute Gasteiger partial charge is 0.507 e.